The van der Waals surface area contributed by atoms with E-state index in [2.05, 4.69) is 4.98 Å². The van der Waals surface area contributed by atoms with Crippen LogP contribution in [0, 0.1) is 0 Å². The van der Waals surface area contributed by atoms with Gasteiger partial charge in [0.1, 0.15) is 6.61 Å². The summed E-state index contributed by atoms with van der Waals surface area (Å²) < 4.78 is 11.6. The van der Waals surface area contributed by atoms with Crippen molar-refractivity contribution in [2.75, 3.05) is 19.7 Å². The van der Waals surface area contributed by atoms with Crippen LogP contribution in [-0.2, 0) is 6.61 Å². The van der Waals surface area contributed by atoms with Gasteiger partial charge in [0, 0.05) is 37.1 Å². The van der Waals surface area contributed by atoms with Crippen molar-refractivity contribution >= 4 is 5.91 Å². The number of hydrogen-bond donors (Lipinski definition) is 1. The van der Waals surface area contributed by atoms with Gasteiger partial charge in [-0.05, 0) is 55.7 Å². The lowest BCUT2D eigenvalue weighted by atomic mass is 10.1. The van der Waals surface area contributed by atoms with Gasteiger partial charge < -0.3 is 20.1 Å². The lowest BCUT2D eigenvalue weighted by Crippen LogP contribution is -2.45. The van der Waals surface area contributed by atoms with Crippen LogP contribution in [0.5, 0.6) is 11.5 Å². The van der Waals surface area contributed by atoms with E-state index in [0.717, 1.165) is 24.9 Å². The summed E-state index contributed by atoms with van der Waals surface area (Å²) in [6.45, 7) is 4.17. The van der Waals surface area contributed by atoms with Crippen LogP contribution in [0.1, 0.15) is 35.7 Å². The first-order valence-corrected chi connectivity index (χ1v) is 9.00. The number of aromatic nitrogens is 1. The first-order chi connectivity index (χ1) is 12.7. The van der Waals surface area contributed by atoms with Crippen LogP contribution in [0.2, 0.25) is 0 Å². The molecule has 1 atom stereocenters. The third-order valence-electron chi connectivity index (χ3n) is 4.38. The number of pyridine rings is 1. The molecular formula is C20H25N3O3. The Labute approximate surface area is 153 Å². The largest absolute Gasteiger partial charge is 0.490 e. The normalized spacial score (nSPS) is 17.0. The molecule has 1 aromatic heterocycles. The maximum absolute atomic E-state index is 12.8. The summed E-state index contributed by atoms with van der Waals surface area (Å²) in [5.74, 6) is 1.19. The van der Waals surface area contributed by atoms with Gasteiger partial charge in [0.2, 0.25) is 0 Å². The zero-order valence-corrected chi connectivity index (χ0v) is 15.1. The Hall–Kier alpha value is -2.60. The van der Waals surface area contributed by atoms with Crippen molar-refractivity contribution in [2.45, 2.75) is 32.4 Å². The van der Waals surface area contributed by atoms with Gasteiger partial charge in [-0.1, -0.05) is 0 Å². The second-order valence-corrected chi connectivity index (χ2v) is 6.39. The molecule has 1 fully saturated rings. The number of rotatable bonds is 6. The van der Waals surface area contributed by atoms with Crippen molar-refractivity contribution in [3.63, 3.8) is 0 Å². The highest BCUT2D eigenvalue weighted by Crippen LogP contribution is 2.30. The Morgan fingerprint density at radius 1 is 1.23 bits per heavy atom. The summed E-state index contributed by atoms with van der Waals surface area (Å²) in [6, 6.07) is 9.20. The van der Waals surface area contributed by atoms with Crippen molar-refractivity contribution in [1.82, 2.24) is 9.88 Å². The highest BCUT2D eigenvalue weighted by atomic mass is 16.5. The molecule has 3 rings (SSSR count). The zero-order chi connectivity index (χ0) is 18.4. The van der Waals surface area contributed by atoms with Gasteiger partial charge in [0.05, 0.1) is 6.61 Å². The number of amides is 1. The lowest BCUT2D eigenvalue weighted by molar-refractivity contribution is 0.0708. The number of carbonyl (C=O) groups excluding carboxylic acids is 1. The Morgan fingerprint density at radius 3 is 2.77 bits per heavy atom. The first-order valence-electron chi connectivity index (χ1n) is 9.00. The molecule has 2 N–H and O–H groups in total. The van der Waals surface area contributed by atoms with E-state index in [0.29, 0.717) is 36.8 Å². The predicted octanol–water partition coefficient (Wildman–Crippen LogP) is 2.62. The minimum absolute atomic E-state index is 0.0122. The third kappa shape index (κ3) is 4.52. The van der Waals surface area contributed by atoms with Crippen molar-refractivity contribution in [2.24, 2.45) is 5.73 Å². The average molecular weight is 355 g/mol. The third-order valence-corrected chi connectivity index (χ3v) is 4.38. The minimum Gasteiger partial charge on any atom is -0.490 e. The smallest absolute Gasteiger partial charge is 0.254 e. The number of likely N-dealkylation sites (tertiary alicyclic amines) is 1. The van der Waals surface area contributed by atoms with Gasteiger partial charge in [-0.2, -0.15) is 0 Å². The monoisotopic (exact) mass is 355 g/mol. The molecule has 1 aromatic carbocycles. The molecule has 0 saturated carbocycles. The molecule has 138 valence electrons. The molecule has 1 saturated heterocycles. The zero-order valence-electron chi connectivity index (χ0n) is 15.1. The van der Waals surface area contributed by atoms with Gasteiger partial charge in [-0.25, -0.2) is 0 Å². The quantitative estimate of drug-likeness (QED) is 0.862. The number of benzene rings is 1. The summed E-state index contributed by atoms with van der Waals surface area (Å²) in [7, 11) is 0. The summed E-state index contributed by atoms with van der Waals surface area (Å²) in [5.41, 5.74) is 7.61. The molecule has 26 heavy (non-hydrogen) atoms. The maximum atomic E-state index is 12.8. The molecule has 1 aliphatic rings. The Kier molecular flexibility index (Phi) is 6.07. The molecule has 2 heterocycles. The fourth-order valence-corrected chi connectivity index (χ4v) is 3.05. The Balaban J connectivity index is 1.74. The topological polar surface area (TPSA) is 77.7 Å². The summed E-state index contributed by atoms with van der Waals surface area (Å²) >= 11 is 0. The van der Waals surface area contributed by atoms with E-state index >= 15 is 0 Å². The van der Waals surface area contributed by atoms with Crippen molar-refractivity contribution in [1.29, 1.82) is 0 Å². The highest BCUT2D eigenvalue weighted by Gasteiger charge is 2.23. The number of piperidine rings is 1. The van der Waals surface area contributed by atoms with E-state index in [1.807, 2.05) is 24.0 Å². The maximum Gasteiger partial charge on any atom is 0.254 e. The van der Waals surface area contributed by atoms with Crippen molar-refractivity contribution in [3.05, 3.63) is 53.9 Å². The number of carbonyl (C=O) groups is 1. The predicted molar refractivity (Wildman–Crippen MR) is 99.3 cm³/mol. The van der Waals surface area contributed by atoms with Crippen LogP contribution in [0.25, 0.3) is 0 Å². The van der Waals surface area contributed by atoms with Crippen LogP contribution in [0.15, 0.2) is 42.7 Å². The van der Waals surface area contributed by atoms with Crippen LogP contribution in [0.3, 0.4) is 0 Å². The highest BCUT2D eigenvalue weighted by molar-refractivity contribution is 5.95. The van der Waals surface area contributed by atoms with Crippen LogP contribution in [-0.4, -0.2) is 41.5 Å². The van der Waals surface area contributed by atoms with E-state index < -0.39 is 0 Å². The molecule has 0 spiro atoms. The molecule has 6 nitrogen and oxygen atoms in total. The minimum atomic E-state index is -0.0122. The first kappa shape index (κ1) is 18.2. The van der Waals surface area contributed by atoms with Gasteiger partial charge in [0.15, 0.2) is 11.5 Å². The molecular weight excluding hydrogens is 330 g/mol. The summed E-state index contributed by atoms with van der Waals surface area (Å²) in [4.78, 5) is 18.6. The van der Waals surface area contributed by atoms with Crippen LogP contribution >= 0.6 is 0 Å². The molecule has 1 unspecified atom stereocenters. The Morgan fingerprint density at radius 2 is 2.04 bits per heavy atom. The fourth-order valence-electron chi connectivity index (χ4n) is 3.05. The number of nitrogens with zero attached hydrogens (tertiary/aromatic N) is 2. The fraction of sp³-hybridized carbons (Fsp3) is 0.400. The second-order valence-electron chi connectivity index (χ2n) is 6.39. The van der Waals surface area contributed by atoms with E-state index in [-0.39, 0.29) is 11.9 Å². The van der Waals surface area contributed by atoms with E-state index in [4.69, 9.17) is 15.2 Å². The van der Waals surface area contributed by atoms with Crippen molar-refractivity contribution < 1.29 is 14.3 Å². The molecule has 0 radical (unpaired) electrons. The second kappa shape index (κ2) is 8.67. The summed E-state index contributed by atoms with van der Waals surface area (Å²) in [6.07, 6.45) is 5.37. The van der Waals surface area contributed by atoms with Crippen molar-refractivity contribution in [3.8, 4) is 11.5 Å². The SMILES string of the molecule is CCOc1cc(C(=O)N2CCCC(N)C2)ccc1OCc1ccncc1. The van der Waals surface area contributed by atoms with Gasteiger partial charge in [-0.3, -0.25) is 9.78 Å². The van der Waals surface area contributed by atoms with Gasteiger partial charge in [0.25, 0.3) is 5.91 Å². The molecule has 1 aliphatic heterocycles. The molecule has 6 heteroatoms. The van der Waals surface area contributed by atoms with E-state index in [1.165, 1.54) is 0 Å². The molecule has 2 aromatic rings. The number of ether oxygens (including phenoxy) is 2. The van der Waals surface area contributed by atoms with E-state index in [9.17, 15) is 4.79 Å². The van der Waals surface area contributed by atoms with E-state index in [1.54, 1.807) is 30.6 Å². The molecule has 0 aliphatic carbocycles. The molecule has 1 amide bonds. The Bertz CT molecular complexity index is 736. The number of nitrogens with two attached hydrogens (primary N) is 1. The van der Waals surface area contributed by atoms with Crippen LogP contribution < -0.4 is 15.2 Å². The van der Waals surface area contributed by atoms with Gasteiger partial charge in [-0.15, -0.1) is 0 Å². The van der Waals surface area contributed by atoms with Gasteiger partial charge >= 0.3 is 0 Å². The lowest BCUT2D eigenvalue weighted by Gasteiger charge is -2.31. The standard InChI is InChI=1S/C20H25N3O3/c1-2-25-19-12-16(20(24)23-11-3-4-17(21)13-23)5-6-18(19)26-14-15-7-9-22-10-8-15/h5-10,12,17H,2-4,11,13-14,21H2,1H3. The molecule has 0 bridgehead atoms. The average Bonchev–Trinajstić information content (AvgIpc) is 2.67. The summed E-state index contributed by atoms with van der Waals surface area (Å²) in [5, 5.41) is 0. The van der Waals surface area contributed by atoms with Crippen LogP contribution in [0.4, 0.5) is 0 Å². The number of hydrogen-bond acceptors (Lipinski definition) is 5.